The molecule has 0 radical (unpaired) electrons. The summed E-state index contributed by atoms with van der Waals surface area (Å²) in [5, 5.41) is 0. The Morgan fingerprint density at radius 3 is 2.44 bits per heavy atom. The minimum atomic E-state index is -4.49. The van der Waals surface area contributed by atoms with Crippen LogP contribution in [0.2, 0.25) is 0 Å². The first-order valence-corrected chi connectivity index (χ1v) is 8.15. The van der Waals surface area contributed by atoms with Crippen LogP contribution in [0, 0.1) is 11.8 Å². The molecule has 4 nitrogen and oxygen atoms in total. The minimum Gasteiger partial charge on any atom is -0.459 e. The molecule has 1 aromatic carbocycles. The number of carbonyl (C=O) groups is 2. The van der Waals surface area contributed by atoms with Gasteiger partial charge in [0.1, 0.15) is 11.5 Å². The summed E-state index contributed by atoms with van der Waals surface area (Å²) in [5.41, 5.74) is -1.42. The van der Waals surface area contributed by atoms with Crippen molar-refractivity contribution < 1.29 is 27.5 Å². The molecule has 0 saturated carbocycles. The van der Waals surface area contributed by atoms with Gasteiger partial charge in [0, 0.05) is 12.2 Å². The van der Waals surface area contributed by atoms with Gasteiger partial charge in [-0.3, -0.25) is 9.59 Å². The second kappa shape index (κ2) is 6.69. The summed E-state index contributed by atoms with van der Waals surface area (Å²) in [4.78, 5) is 26.3. The van der Waals surface area contributed by atoms with Gasteiger partial charge in [-0.2, -0.15) is 13.2 Å². The van der Waals surface area contributed by atoms with Crippen LogP contribution in [0.1, 0.15) is 39.7 Å². The minimum absolute atomic E-state index is 0.143. The Morgan fingerprint density at radius 2 is 1.92 bits per heavy atom. The molecule has 1 fully saturated rings. The van der Waals surface area contributed by atoms with Crippen molar-refractivity contribution in [3.63, 3.8) is 0 Å². The Morgan fingerprint density at radius 1 is 1.28 bits per heavy atom. The van der Waals surface area contributed by atoms with Crippen LogP contribution in [0.15, 0.2) is 24.3 Å². The lowest BCUT2D eigenvalue weighted by Gasteiger charge is -2.23. The van der Waals surface area contributed by atoms with E-state index in [0.29, 0.717) is 6.42 Å². The normalized spacial score (nSPS) is 21.6. The highest BCUT2D eigenvalue weighted by molar-refractivity contribution is 6.08. The second-order valence-corrected chi connectivity index (χ2v) is 7.18. The zero-order chi connectivity index (χ0) is 19.0. The lowest BCUT2D eigenvalue weighted by molar-refractivity contribution is -0.162. The zero-order valence-electron chi connectivity index (χ0n) is 14.7. The summed E-state index contributed by atoms with van der Waals surface area (Å²) in [5.74, 6) is -2.42. The van der Waals surface area contributed by atoms with Gasteiger partial charge >= 0.3 is 12.1 Å². The molecule has 0 spiro atoms. The quantitative estimate of drug-likeness (QED) is 0.606. The highest BCUT2D eigenvalue weighted by Gasteiger charge is 2.46. The Balaban J connectivity index is 2.30. The molecule has 1 amide bonds. The Labute approximate surface area is 144 Å². The first-order valence-electron chi connectivity index (χ1n) is 8.15. The number of hydrogen-bond donors (Lipinski definition) is 0. The molecular weight excluding hydrogens is 335 g/mol. The molecular formula is C18H22F3NO3. The zero-order valence-corrected chi connectivity index (χ0v) is 14.7. The lowest BCUT2D eigenvalue weighted by Crippen LogP contribution is -2.36. The molecule has 1 aliphatic heterocycles. The number of hydrogen-bond acceptors (Lipinski definition) is 3. The van der Waals surface area contributed by atoms with Crippen LogP contribution in [0.3, 0.4) is 0 Å². The molecule has 1 heterocycles. The van der Waals surface area contributed by atoms with Gasteiger partial charge in [0.15, 0.2) is 0 Å². The topological polar surface area (TPSA) is 46.6 Å². The van der Waals surface area contributed by atoms with Gasteiger partial charge in [-0.15, -0.1) is 0 Å². The summed E-state index contributed by atoms with van der Waals surface area (Å²) < 4.78 is 44.0. The maximum absolute atomic E-state index is 12.9. The van der Waals surface area contributed by atoms with E-state index in [1.54, 1.807) is 20.8 Å². The maximum Gasteiger partial charge on any atom is 0.416 e. The fourth-order valence-electron chi connectivity index (χ4n) is 2.91. The number of halogens is 3. The van der Waals surface area contributed by atoms with E-state index in [0.717, 1.165) is 12.1 Å². The number of amides is 1. The van der Waals surface area contributed by atoms with Crippen LogP contribution in [0.5, 0.6) is 0 Å². The fourth-order valence-corrected chi connectivity index (χ4v) is 2.91. The first-order chi connectivity index (χ1) is 11.4. The Hall–Kier alpha value is -2.05. The summed E-state index contributed by atoms with van der Waals surface area (Å²) in [6.07, 6.45) is -3.95. The monoisotopic (exact) mass is 357 g/mol. The van der Waals surface area contributed by atoms with E-state index in [-0.39, 0.29) is 18.2 Å². The number of rotatable bonds is 3. The molecule has 1 aromatic rings. The van der Waals surface area contributed by atoms with Crippen molar-refractivity contribution >= 4 is 17.6 Å². The Bertz CT molecular complexity index is 664. The van der Waals surface area contributed by atoms with Crippen LogP contribution < -0.4 is 4.90 Å². The molecule has 2 unspecified atom stereocenters. The van der Waals surface area contributed by atoms with Gasteiger partial charge in [0.05, 0.1) is 5.56 Å². The van der Waals surface area contributed by atoms with Crippen molar-refractivity contribution in [2.24, 2.45) is 11.8 Å². The maximum atomic E-state index is 12.9. The SMILES string of the molecule is CCC1CN(c2cccc(C(F)(F)F)c2)C(=O)C1C(=O)OC(C)(C)C. The largest absolute Gasteiger partial charge is 0.459 e. The third kappa shape index (κ3) is 4.32. The molecule has 138 valence electrons. The van der Waals surface area contributed by atoms with Gasteiger partial charge in [0.25, 0.3) is 0 Å². The smallest absolute Gasteiger partial charge is 0.416 e. The molecule has 7 heteroatoms. The van der Waals surface area contributed by atoms with Crippen molar-refractivity contribution in [3.8, 4) is 0 Å². The number of benzene rings is 1. The van der Waals surface area contributed by atoms with E-state index in [9.17, 15) is 22.8 Å². The number of alkyl halides is 3. The molecule has 2 rings (SSSR count). The summed E-state index contributed by atoms with van der Waals surface area (Å²) in [7, 11) is 0. The number of ether oxygens (including phenoxy) is 1. The predicted molar refractivity (Wildman–Crippen MR) is 86.9 cm³/mol. The van der Waals surface area contributed by atoms with Gasteiger partial charge in [-0.05, 0) is 44.9 Å². The Kier molecular flexibility index (Phi) is 5.16. The number of anilines is 1. The van der Waals surface area contributed by atoms with E-state index >= 15 is 0 Å². The van der Waals surface area contributed by atoms with E-state index < -0.39 is 35.1 Å². The van der Waals surface area contributed by atoms with Crippen LogP contribution in [0.25, 0.3) is 0 Å². The number of carbonyl (C=O) groups excluding carboxylic acids is 2. The fraction of sp³-hybridized carbons (Fsp3) is 0.556. The molecule has 25 heavy (non-hydrogen) atoms. The van der Waals surface area contributed by atoms with Crippen molar-refractivity contribution in [3.05, 3.63) is 29.8 Å². The van der Waals surface area contributed by atoms with Gasteiger partial charge in [-0.25, -0.2) is 0 Å². The predicted octanol–water partition coefficient (Wildman–Crippen LogP) is 4.04. The molecule has 0 aromatic heterocycles. The van der Waals surface area contributed by atoms with Crippen LogP contribution in [-0.2, 0) is 20.5 Å². The highest BCUT2D eigenvalue weighted by atomic mass is 19.4. The van der Waals surface area contributed by atoms with Crippen LogP contribution in [-0.4, -0.2) is 24.0 Å². The summed E-state index contributed by atoms with van der Waals surface area (Å²) >= 11 is 0. The van der Waals surface area contributed by atoms with Crippen molar-refractivity contribution in [1.82, 2.24) is 0 Å². The van der Waals surface area contributed by atoms with Crippen molar-refractivity contribution in [1.29, 1.82) is 0 Å². The molecule has 0 bridgehead atoms. The lowest BCUT2D eigenvalue weighted by atomic mass is 9.93. The second-order valence-electron chi connectivity index (χ2n) is 7.18. The third-order valence-corrected chi connectivity index (χ3v) is 4.09. The number of nitrogens with zero attached hydrogens (tertiary/aromatic N) is 1. The van der Waals surface area contributed by atoms with Crippen LogP contribution in [0.4, 0.5) is 18.9 Å². The van der Waals surface area contributed by atoms with Gasteiger partial charge in [-0.1, -0.05) is 19.4 Å². The van der Waals surface area contributed by atoms with Crippen molar-refractivity contribution in [2.45, 2.75) is 45.9 Å². The third-order valence-electron chi connectivity index (χ3n) is 4.09. The average Bonchev–Trinajstić information content (AvgIpc) is 2.81. The molecule has 0 aliphatic carbocycles. The molecule has 0 N–H and O–H groups in total. The first kappa shape index (κ1) is 19.3. The average molecular weight is 357 g/mol. The van der Waals surface area contributed by atoms with Gasteiger partial charge < -0.3 is 9.64 Å². The van der Waals surface area contributed by atoms with Crippen LogP contribution >= 0.6 is 0 Å². The molecule has 2 atom stereocenters. The van der Waals surface area contributed by atoms with Crippen molar-refractivity contribution in [2.75, 3.05) is 11.4 Å². The molecule has 1 saturated heterocycles. The molecule has 1 aliphatic rings. The highest BCUT2D eigenvalue weighted by Crippen LogP contribution is 2.36. The van der Waals surface area contributed by atoms with E-state index in [4.69, 9.17) is 4.74 Å². The number of esters is 1. The standard InChI is InChI=1S/C18H22F3NO3/c1-5-11-10-22(13-8-6-7-12(9-13)18(19,20)21)15(23)14(11)16(24)25-17(2,3)4/h6-9,11,14H,5,10H2,1-4H3. The summed E-state index contributed by atoms with van der Waals surface area (Å²) in [6, 6.07) is 4.58. The summed E-state index contributed by atoms with van der Waals surface area (Å²) in [6.45, 7) is 7.15. The van der Waals surface area contributed by atoms with E-state index in [1.807, 2.05) is 6.92 Å². The van der Waals surface area contributed by atoms with E-state index in [2.05, 4.69) is 0 Å². The van der Waals surface area contributed by atoms with Gasteiger partial charge in [0.2, 0.25) is 5.91 Å². The van der Waals surface area contributed by atoms with E-state index in [1.165, 1.54) is 17.0 Å².